The van der Waals surface area contributed by atoms with E-state index in [9.17, 15) is 4.39 Å². The van der Waals surface area contributed by atoms with Crippen molar-refractivity contribution in [2.45, 2.75) is 58.0 Å². The second-order valence-corrected chi connectivity index (χ2v) is 6.97. The molecule has 0 saturated heterocycles. The van der Waals surface area contributed by atoms with E-state index >= 15 is 0 Å². The zero-order valence-corrected chi connectivity index (χ0v) is 14.5. The van der Waals surface area contributed by atoms with Gasteiger partial charge in [-0.25, -0.2) is 4.39 Å². The third kappa shape index (κ3) is 4.37. The molecular formula is C22H27FO. The minimum absolute atomic E-state index is 0.237. The van der Waals surface area contributed by atoms with E-state index in [0.717, 1.165) is 17.0 Å². The molecule has 1 aliphatic rings. The molecule has 2 heteroatoms. The van der Waals surface area contributed by atoms with Crippen molar-refractivity contribution in [2.24, 2.45) is 5.92 Å². The number of hydrogen-bond acceptors (Lipinski definition) is 1. The van der Waals surface area contributed by atoms with Gasteiger partial charge in [-0.1, -0.05) is 56.2 Å². The minimum atomic E-state index is -0.237. The van der Waals surface area contributed by atoms with Crippen molar-refractivity contribution in [3.63, 3.8) is 0 Å². The summed E-state index contributed by atoms with van der Waals surface area (Å²) in [6, 6.07) is 15.4. The van der Waals surface area contributed by atoms with Gasteiger partial charge in [-0.3, -0.25) is 0 Å². The summed E-state index contributed by atoms with van der Waals surface area (Å²) >= 11 is 0. The third-order valence-electron chi connectivity index (χ3n) is 5.21. The molecular weight excluding hydrogens is 299 g/mol. The molecule has 24 heavy (non-hydrogen) atoms. The normalized spacial score (nSPS) is 20.8. The van der Waals surface area contributed by atoms with E-state index in [1.54, 1.807) is 12.1 Å². The second kappa shape index (κ2) is 8.32. The summed E-state index contributed by atoms with van der Waals surface area (Å²) in [7, 11) is 0. The molecule has 0 radical (unpaired) electrons. The fourth-order valence-electron chi connectivity index (χ4n) is 3.82. The Morgan fingerprint density at radius 2 is 1.75 bits per heavy atom. The Hall–Kier alpha value is -1.83. The minimum Gasteiger partial charge on any atom is -0.486 e. The van der Waals surface area contributed by atoms with Crippen LogP contribution in [0.1, 0.15) is 62.5 Å². The molecule has 0 spiro atoms. The highest BCUT2D eigenvalue weighted by Gasteiger charge is 2.22. The van der Waals surface area contributed by atoms with Crippen molar-refractivity contribution >= 4 is 0 Å². The van der Waals surface area contributed by atoms with Gasteiger partial charge in [-0.05, 0) is 60.8 Å². The molecule has 128 valence electrons. The molecule has 0 amide bonds. The van der Waals surface area contributed by atoms with E-state index in [1.165, 1.54) is 38.5 Å². The third-order valence-corrected chi connectivity index (χ3v) is 5.21. The van der Waals surface area contributed by atoms with Crippen molar-refractivity contribution in [1.29, 1.82) is 0 Å². The highest BCUT2D eigenvalue weighted by molar-refractivity contribution is 5.32. The summed E-state index contributed by atoms with van der Waals surface area (Å²) in [4.78, 5) is 0. The van der Waals surface area contributed by atoms with Gasteiger partial charge in [-0.2, -0.15) is 0 Å². The van der Waals surface area contributed by atoms with E-state index in [1.807, 2.05) is 36.4 Å². The predicted octanol–water partition coefficient (Wildman–Crippen LogP) is 6.48. The molecule has 0 bridgehead atoms. The molecule has 1 saturated carbocycles. The maximum absolute atomic E-state index is 14.4. The van der Waals surface area contributed by atoms with Crippen LogP contribution in [-0.2, 0) is 6.61 Å². The van der Waals surface area contributed by atoms with E-state index in [0.29, 0.717) is 18.3 Å². The fraction of sp³-hybridized carbons (Fsp3) is 0.455. The first-order chi connectivity index (χ1) is 11.8. The number of halogens is 1. The van der Waals surface area contributed by atoms with Gasteiger partial charge in [-0.15, -0.1) is 0 Å². The van der Waals surface area contributed by atoms with Crippen LogP contribution in [0.3, 0.4) is 0 Å². The van der Waals surface area contributed by atoms with Crippen LogP contribution in [0.15, 0.2) is 48.5 Å². The molecule has 0 atom stereocenters. The zero-order valence-electron chi connectivity index (χ0n) is 14.5. The smallest absolute Gasteiger partial charge is 0.165 e. The average molecular weight is 326 g/mol. The summed E-state index contributed by atoms with van der Waals surface area (Å²) < 4.78 is 20.0. The molecule has 3 rings (SSSR count). The molecule has 2 aromatic rings. The number of hydrogen-bond donors (Lipinski definition) is 0. The lowest BCUT2D eigenvalue weighted by atomic mass is 9.77. The first-order valence-corrected chi connectivity index (χ1v) is 9.22. The maximum Gasteiger partial charge on any atom is 0.165 e. The van der Waals surface area contributed by atoms with Gasteiger partial charge in [0.1, 0.15) is 6.61 Å². The van der Waals surface area contributed by atoms with Crippen LogP contribution >= 0.6 is 0 Å². The number of benzene rings is 2. The Labute approximate surface area is 144 Å². The quantitative estimate of drug-likeness (QED) is 0.590. The Morgan fingerprint density at radius 3 is 2.42 bits per heavy atom. The zero-order chi connectivity index (χ0) is 16.8. The van der Waals surface area contributed by atoms with Crippen LogP contribution < -0.4 is 4.74 Å². The summed E-state index contributed by atoms with van der Waals surface area (Å²) in [5, 5.41) is 0. The monoisotopic (exact) mass is 326 g/mol. The first-order valence-electron chi connectivity index (χ1n) is 9.22. The van der Waals surface area contributed by atoms with Crippen LogP contribution in [-0.4, -0.2) is 0 Å². The average Bonchev–Trinajstić information content (AvgIpc) is 2.62. The van der Waals surface area contributed by atoms with Gasteiger partial charge < -0.3 is 4.74 Å². The summed E-state index contributed by atoms with van der Waals surface area (Å²) in [5.41, 5.74) is 2.18. The van der Waals surface area contributed by atoms with Crippen LogP contribution in [0.4, 0.5) is 4.39 Å². The molecule has 0 heterocycles. The lowest BCUT2D eigenvalue weighted by Gasteiger charge is -2.28. The maximum atomic E-state index is 14.4. The Morgan fingerprint density at radius 1 is 1.00 bits per heavy atom. The Kier molecular flexibility index (Phi) is 5.90. The lowest BCUT2D eigenvalue weighted by Crippen LogP contribution is -2.13. The molecule has 1 aliphatic carbocycles. The molecule has 2 aromatic carbocycles. The van der Waals surface area contributed by atoms with E-state index < -0.39 is 0 Å². The largest absolute Gasteiger partial charge is 0.486 e. The van der Waals surface area contributed by atoms with Crippen molar-refractivity contribution in [1.82, 2.24) is 0 Å². The van der Waals surface area contributed by atoms with Crippen molar-refractivity contribution in [3.05, 3.63) is 65.5 Å². The highest BCUT2D eigenvalue weighted by Crippen LogP contribution is 2.38. The summed E-state index contributed by atoms with van der Waals surface area (Å²) in [6.45, 7) is 2.66. The summed E-state index contributed by atoms with van der Waals surface area (Å²) in [6.07, 6.45) is 7.56. The highest BCUT2D eigenvalue weighted by atomic mass is 19.1. The van der Waals surface area contributed by atoms with Crippen molar-refractivity contribution in [2.75, 3.05) is 0 Å². The topological polar surface area (TPSA) is 9.23 Å². The molecule has 0 N–H and O–H groups in total. The van der Waals surface area contributed by atoms with Gasteiger partial charge in [0.2, 0.25) is 0 Å². The van der Waals surface area contributed by atoms with Crippen molar-refractivity contribution in [3.8, 4) is 5.75 Å². The van der Waals surface area contributed by atoms with Crippen LogP contribution in [0, 0.1) is 11.7 Å². The molecule has 1 nitrogen and oxygen atoms in total. The SMILES string of the molecule is CCC[C@H]1CC[C@H](c2ccc(OCc3ccccc3)c(F)c2)CC1. The van der Waals surface area contributed by atoms with Crippen LogP contribution in [0.2, 0.25) is 0 Å². The lowest BCUT2D eigenvalue weighted by molar-refractivity contribution is 0.288. The molecule has 0 unspecified atom stereocenters. The number of ether oxygens (including phenoxy) is 1. The molecule has 0 aromatic heterocycles. The fourth-order valence-corrected chi connectivity index (χ4v) is 3.82. The standard InChI is InChI=1S/C22H27FO/c1-2-6-17-9-11-19(12-10-17)20-13-14-22(21(23)15-20)24-16-18-7-4-3-5-8-18/h3-5,7-8,13-15,17,19H,2,6,9-12,16H2,1H3/t17-,19-. The van der Waals surface area contributed by atoms with Crippen LogP contribution in [0.5, 0.6) is 5.75 Å². The second-order valence-electron chi connectivity index (χ2n) is 6.97. The van der Waals surface area contributed by atoms with Gasteiger partial charge in [0, 0.05) is 0 Å². The first kappa shape index (κ1) is 17.0. The van der Waals surface area contributed by atoms with Gasteiger partial charge >= 0.3 is 0 Å². The Balaban J connectivity index is 1.58. The van der Waals surface area contributed by atoms with Gasteiger partial charge in [0.25, 0.3) is 0 Å². The van der Waals surface area contributed by atoms with Crippen LogP contribution in [0.25, 0.3) is 0 Å². The van der Waals surface area contributed by atoms with Gasteiger partial charge in [0.15, 0.2) is 11.6 Å². The van der Waals surface area contributed by atoms with E-state index in [4.69, 9.17) is 4.74 Å². The number of rotatable bonds is 6. The predicted molar refractivity (Wildman–Crippen MR) is 96.8 cm³/mol. The molecule has 1 fully saturated rings. The molecule has 0 aliphatic heterocycles. The van der Waals surface area contributed by atoms with E-state index in [2.05, 4.69) is 6.92 Å². The Bertz CT molecular complexity index is 630. The van der Waals surface area contributed by atoms with Crippen molar-refractivity contribution < 1.29 is 9.13 Å². The van der Waals surface area contributed by atoms with Gasteiger partial charge in [0.05, 0.1) is 0 Å². The van der Waals surface area contributed by atoms with E-state index in [-0.39, 0.29) is 5.82 Å². The summed E-state index contributed by atoms with van der Waals surface area (Å²) in [5.74, 6) is 1.50.